The molecule has 0 saturated carbocycles. The molecule has 1 N–H and O–H groups in total. The number of pyridine rings is 1. The number of piperazine rings is 1. The molecule has 1 aliphatic heterocycles. The average Bonchev–Trinajstić information content (AvgIpc) is 3.30. The van der Waals surface area contributed by atoms with Crippen LogP contribution < -0.4 is 5.32 Å². The first-order valence-electron chi connectivity index (χ1n) is 9.55. The molecule has 1 fully saturated rings. The molecule has 148 valence electrons. The van der Waals surface area contributed by atoms with Gasteiger partial charge in [0.2, 0.25) is 0 Å². The summed E-state index contributed by atoms with van der Waals surface area (Å²) in [6.07, 6.45) is 1.80. The van der Waals surface area contributed by atoms with Crippen LogP contribution in [0.2, 0.25) is 0 Å². The van der Waals surface area contributed by atoms with Crippen LogP contribution in [0, 0.1) is 0 Å². The summed E-state index contributed by atoms with van der Waals surface area (Å²) < 4.78 is 0. The second-order valence-electron chi connectivity index (χ2n) is 6.90. The van der Waals surface area contributed by atoms with E-state index in [1.807, 2.05) is 40.6 Å². The van der Waals surface area contributed by atoms with E-state index in [0.717, 1.165) is 25.3 Å². The zero-order valence-corrected chi connectivity index (χ0v) is 16.8. The fourth-order valence-electron chi connectivity index (χ4n) is 3.37. The quantitative estimate of drug-likeness (QED) is 0.706. The van der Waals surface area contributed by atoms with Gasteiger partial charge in [0, 0.05) is 44.3 Å². The summed E-state index contributed by atoms with van der Waals surface area (Å²) in [6.45, 7) is 3.69. The van der Waals surface area contributed by atoms with Gasteiger partial charge in [-0.1, -0.05) is 18.2 Å². The third-order valence-corrected chi connectivity index (χ3v) is 5.64. The molecule has 0 bridgehead atoms. The molecular weight excluding hydrogens is 384 g/mol. The minimum atomic E-state index is -0.202. The molecule has 1 aromatic carbocycles. The maximum atomic E-state index is 13.1. The van der Waals surface area contributed by atoms with E-state index in [2.05, 4.69) is 15.2 Å². The zero-order valence-electron chi connectivity index (χ0n) is 16.0. The number of thiophene rings is 1. The molecule has 2 aromatic heterocycles. The van der Waals surface area contributed by atoms with Crippen LogP contribution in [0.5, 0.6) is 0 Å². The van der Waals surface area contributed by atoms with Crippen molar-refractivity contribution < 1.29 is 9.59 Å². The Morgan fingerprint density at radius 3 is 2.52 bits per heavy atom. The second kappa shape index (κ2) is 8.98. The van der Waals surface area contributed by atoms with Crippen LogP contribution in [0.3, 0.4) is 0 Å². The SMILES string of the molecule is O=C(Nc1ccccc1C(=O)N1CCN(Cc2ccccn2)CC1)c1ccsc1. The minimum Gasteiger partial charge on any atom is -0.336 e. The van der Waals surface area contributed by atoms with Gasteiger partial charge in [-0.3, -0.25) is 19.5 Å². The Hall–Kier alpha value is -3.03. The molecule has 4 rings (SSSR count). The molecule has 0 aliphatic carbocycles. The van der Waals surface area contributed by atoms with E-state index in [-0.39, 0.29) is 11.8 Å². The molecule has 6 nitrogen and oxygen atoms in total. The Balaban J connectivity index is 1.39. The van der Waals surface area contributed by atoms with Crippen LogP contribution >= 0.6 is 11.3 Å². The Bertz CT molecular complexity index is 967. The fourth-order valence-corrected chi connectivity index (χ4v) is 4.00. The van der Waals surface area contributed by atoms with Crippen molar-refractivity contribution in [2.45, 2.75) is 6.54 Å². The lowest BCUT2D eigenvalue weighted by Gasteiger charge is -2.34. The summed E-state index contributed by atoms with van der Waals surface area (Å²) in [7, 11) is 0. The van der Waals surface area contributed by atoms with Crippen molar-refractivity contribution >= 4 is 28.8 Å². The number of carbonyl (C=O) groups is 2. The lowest BCUT2D eigenvalue weighted by molar-refractivity contribution is 0.0628. The molecule has 1 saturated heterocycles. The van der Waals surface area contributed by atoms with Gasteiger partial charge in [0.05, 0.1) is 22.5 Å². The maximum Gasteiger partial charge on any atom is 0.256 e. The monoisotopic (exact) mass is 406 g/mol. The highest BCUT2D eigenvalue weighted by Gasteiger charge is 2.24. The van der Waals surface area contributed by atoms with E-state index in [4.69, 9.17) is 0 Å². The predicted octanol–water partition coefficient (Wildman–Crippen LogP) is 3.35. The van der Waals surface area contributed by atoms with E-state index >= 15 is 0 Å². The smallest absolute Gasteiger partial charge is 0.256 e. The highest BCUT2D eigenvalue weighted by Crippen LogP contribution is 2.20. The van der Waals surface area contributed by atoms with Crippen molar-refractivity contribution in [3.63, 3.8) is 0 Å². The van der Waals surface area contributed by atoms with Gasteiger partial charge in [-0.15, -0.1) is 0 Å². The first-order valence-corrected chi connectivity index (χ1v) is 10.5. The van der Waals surface area contributed by atoms with Gasteiger partial charge < -0.3 is 10.2 Å². The van der Waals surface area contributed by atoms with Gasteiger partial charge in [-0.05, 0) is 35.7 Å². The van der Waals surface area contributed by atoms with E-state index in [9.17, 15) is 9.59 Å². The number of aromatic nitrogens is 1. The van der Waals surface area contributed by atoms with Crippen molar-refractivity contribution in [3.05, 3.63) is 82.3 Å². The van der Waals surface area contributed by atoms with E-state index in [1.54, 1.807) is 29.8 Å². The minimum absolute atomic E-state index is 0.0521. The van der Waals surface area contributed by atoms with Crippen molar-refractivity contribution in [2.24, 2.45) is 0 Å². The summed E-state index contributed by atoms with van der Waals surface area (Å²) in [6, 6.07) is 14.9. The number of rotatable bonds is 5. The molecule has 2 amide bonds. The number of amides is 2. The summed E-state index contributed by atoms with van der Waals surface area (Å²) in [4.78, 5) is 34.0. The molecule has 0 unspecified atom stereocenters. The van der Waals surface area contributed by atoms with Crippen molar-refractivity contribution in [3.8, 4) is 0 Å². The van der Waals surface area contributed by atoms with Gasteiger partial charge >= 0.3 is 0 Å². The van der Waals surface area contributed by atoms with Crippen LogP contribution in [-0.2, 0) is 6.54 Å². The Morgan fingerprint density at radius 1 is 1.00 bits per heavy atom. The van der Waals surface area contributed by atoms with Gasteiger partial charge in [-0.25, -0.2) is 0 Å². The highest BCUT2D eigenvalue weighted by molar-refractivity contribution is 7.08. The molecule has 0 spiro atoms. The summed E-state index contributed by atoms with van der Waals surface area (Å²) >= 11 is 1.47. The van der Waals surface area contributed by atoms with Gasteiger partial charge in [-0.2, -0.15) is 11.3 Å². The third-order valence-electron chi connectivity index (χ3n) is 4.96. The lowest BCUT2D eigenvalue weighted by atomic mass is 10.1. The predicted molar refractivity (Wildman–Crippen MR) is 114 cm³/mol. The average molecular weight is 407 g/mol. The van der Waals surface area contributed by atoms with E-state index in [1.165, 1.54) is 11.3 Å². The van der Waals surface area contributed by atoms with Crippen LogP contribution in [0.1, 0.15) is 26.4 Å². The van der Waals surface area contributed by atoms with Gasteiger partial charge in [0.15, 0.2) is 0 Å². The van der Waals surface area contributed by atoms with Crippen LogP contribution in [0.15, 0.2) is 65.5 Å². The number of benzene rings is 1. The van der Waals surface area contributed by atoms with Crippen molar-refractivity contribution in [2.75, 3.05) is 31.5 Å². The lowest BCUT2D eigenvalue weighted by Crippen LogP contribution is -2.48. The summed E-state index contributed by atoms with van der Waals surface area (Å²) in [5.74, 6) is -0.254. The normalized spacial score (nSPS) is 14.6. The number of nitrogens with zero attached hydrogens (tertiary/aromatic N) is 3. The highest BCUT2D eigenvalue weighted by atomic mass is 32.1. The topological polar surface area (TPSA) is 65.5 Å². The molecule has 0 atom stereocenters. The molecule has 1 aliphatic rings. The molecule has 3 aromatic rings. The third kappa shape index (κ3) is 4.70. The number of anilines is 1. The number of hydrogen-bond donors (Lipinski definition) is 1. The molecule has 3 heterocycles. The molecule has 29 heavy (non-hydrogen) atoms. The van der Waals surface area contributed by atoms with Gasteiger partial charge in [0.1, 0.15) is 0 Å². The van der Waals surface area contributed by atoms with Crippen LogP contribution in [-0.4, -0.2) is 52.8 Å². The number of carbonyl (C=O) groups excluding carboxylic acids is 2. The summed E-state index contributed by atoms with van der Waals surface area (Å²) in [5, 5.41) is 6.53. The van der Waals surface area contributed by atoms with E-state index < -0.39 is 0 Å². The van der Waals surface area contributed by atoms with Crippen LogP contribution in [0.4, 0.5) is 5.69 Å². The van der Waals surface area contributed by atoms with Crippen LogP contribution in [0.25, 0.3) is 0 Å². The van der Waals surface area contributed by atoms with E-state index in [0.29, 0.717) is 29.9 Å². The van der Waals surface area contributed by atoms with Crippen molar-refractivity contribution in [1.82, 2.24) is 14.8 Å². The Kier molecular flexibility index (Phi) is 5.97. The number of nitrogens with one attached hydrogen (secondary N) is 1. The number of para-hydroxylation sites is 1. The zero-order chi connectivity index (χ0) is 20.1. The standard InChI is InChI=1S/C22H22N4O2S/c27-21(17-8-14-29-16-17)24-20-7-2-1-6-19(20)22(28)26-12-10-25(11-13-26)15-18-5-3-4-9-23-18/h1-9,14,16H,10-13,15H2,(H,24,27). The fraction of sp³-hybridized carbons (Fsp3) is 0.227. The first-order chi connectivity index (χ1) is 14.2. The molecule has 0 radical (unpaired) electrons. The first kappa shape index (κ1) is 19.3. The maximum absolute atomic E-state index is 13.1. The summed E-state index contributed by atoms with van der Waals surface area (Å²) in [5.41, 5.74) is 2.70. The van der Waals surface area contributed by atoms with Crippen molar-refractivity contribution in [1.29, 1.82) is 0 Å². The number of hydrogen-bond acceptors (Lipinski definition) is 5. The largest absolute Gasteiger partial charge is 0.336 e. The molecular formula is C22H22N4O2S. The molecule has 7 heteroatoms. The Morgan fingerprint density at radius 2 is 1.79 bits per heavy atom. The van der Waals surface area contributed by atoms with Gasteiger partial charge in [0.25, 0.3) is 11.8 Å². The Labute approximate surface area is 173 Å². The second-order valence-corrected chi connectivity index (χ2v) is 7.68.